The van der Waals surface area contributed by atoms with E-state index in [4.69, 9.17) is 21.1 Å². The van der Waals surface area contributed by atoms with Crippen LogP contribution in [0.25, 0.3) is 0 Å². The Balaban J connectivity index is 1.58. The molecule has 2 N–H and O–H groups in total. The van der Waals surface area contributed by atoms with Crippen molar-refractivity contribution in [1.29, 1.82) is 5.26 Å². The first-order valence-electron chi connectivity index (χ1n) is 11.1. The van der Waals surface area contributed by atoms with Gasteiger partial charge in [0, 0.05) is 12.8 Å². The van der Waals surface area contributed by atoms with Gasteiger partial charge < -0.3 is 20.1 Å². The Morgan fingerprint density at radius 2 is 1.14 bits per heavy atom. The van der Waals surface area contributed by atoms with Gasteiger partial charge in [0.2, 0.25) is 0 Å². The Labute approximate surface area is 217 Å². The second-order valence-electron chi connectivity index (χ2n) is 7.65. The molecular formula is C27H22ClN3O6. The highest BCUT2D eigenvalue weighted by Gasteiger charge is 2.22. The maximum Gasteiger partial charge on any atom is 0.397 e. The molecule has 2 amide bonds. The molecule has 188 valence electrons. The number of benzene rings is 3. The van der Waals surface area contributed by atoms with Crippen LogP contribution in [-0.2, 0) is 41.5 Å². The van der Waals surface area contributed by atoms with E-state index in [1.807, 2.05) is 66.7 Å². The molecule has 3 aromatic rings. The number of anilines is 2. The number of carbonyl (C=O) groups is 4. The number of halogens is 1. The number of nitrogens with one attached hydrogen (secondary N) is 2. The second-order valence-corrected chi connectivity index (χ2v) is 8.03. The van der Waals surface area contributed by atoms with Crippen LogP contribution in [0.15, 0.2) is 72.8 Å². The van der Waals surface area contributed by atoms with Gasteiger partial charge in [0.05, 0.1) is 41.2 Å². The molecule has 0 aliphatic heterocycles. The van der Waals surface area contributed by atoms with Crippen molar-refractivity contribution in [1.82, 2.24) is 0 Å². The average Bonchev–Trinajstić information content (AvgIpc) is 2.91. The van der Waals surface area contributed by atoms with Crippen LogP contribution in [0.3, 0.4) is 0 Å². The number of hydrogen-bond donors (Lipinski definition) is 2. The maximum atomic E-state index is 12.3. The van der Waals surface area contributed by atoms with Crippen molar-refractivity contribution >= 4 is 46.7 Å². The van der Waals surface area contributed by atoms with Crippen LogP contribution in [0, 0.1) is 11.3 Å². The summed E-state index contributed by atoms with van der Waals surface area (Å²) in [4.78, 5) is 48.8. The van der Waals surface area contributed by atoms with Crippen LogP contribution in [-0.4, -0.2) is 37.0 Å². The Hall–Kier alpha value is -4.68. The molecule has 0 heterocycles. The minimum atomic E-state index is -1.15. The number of hydrogen-bond acceptors (Lipinski definition) is 7. The molecule has 0 atom stereocenters. The molecule has 0 spiro atoms. The van der Waals surface area contributed by atoms with Gasteiger partial charge in [0.25, 0.3) is 0 Å². The van der Waals surface area contributed by atoms with Crippen LogP contribution >= 0.6 is 11.6 Å². The summed E-state index contributed by atoms with van der Waals surface area (Å²) >= 11 is 6.26. The van der Waals surface area contributed by atoms with Crippen molar-refractivity contribution in [2.45, 2.75) is 12.8 Å². The number of nitriles is 1. The average molecular weight is 520 g/mol. The van der Waals surface area contributed by atoms with Gasteiger partial charge in [-0.05, 0) is 23.3 Å². The molecule has 0 fully saturated rings. The molecule has 0 aliphatic carbocycles. The molecule has 3 rings (SSSR count). The zero-order valence-electron chi connectivity index (χ0n) is 19.5. The lowest BCUT2D eigenvalue weighted by atomic mass is 10.1. The van der Waals surface area contributed by atoms with Gasteiger partial charge in [-0.15, -0.1) is 0 Å². The van der Waals surface area contributed by atoms with Crippen LogP contribution in [0.4, 0.5) is 11.4 Å². The van der Waals surface area contributed by atoms with Crippen molar-refractivity contribution < 1.29 is 28.7 Å². The smallest absolute Gasteiger partial charge is 0.397 e. The van der Waals surface area contributed by atoms with E-state index >= 15 is 0 Å². The minimum Gasteiger partial charge on any atom is -0.458 e. The molecule has 0 radical (unpaired) electrons. The highest BCUT2D eigenvalue weighted by Crippen LogP contribution is 2.32. The fraction of sp³-hybridized carbons (Fsp3) is 0.148. The van der Waals surface area contributed by atoms with E-state index < -0.39 is 23.8 Å². The molecule has 37 heavy (non-hydrogen) atoms. The van der Waals surface area contributed by atoms with E-state index in [-0.39, 0.29) is 35.2 Å². The summed E-state index contributed by atoms with van der Waals surface area (Å²) in [6, 6.07) is 22.8. The van der Waals surface area contributed by atoms with Gasteiger partial charge in [-0.1, -0.05) is 72.3 Å². The van der Waals surface area contributed by atoms with E-state index in [0.29, 0.717) is 12.8 Å². The van der Waals surface area contributed by atoms with Crippen LogP contribution in [0.2, 0.25) is 5.02 Å². The van der Waals surface area contributed by atoms with Gasteiger partial charge in [-0.25, -0.2) is 9.59 Å². The third-order valence-electron chi connectivity index (χ3n) is 5.00. The number of amides is 2. The first kappa shape index (κ1) is 26.9. The number of esters is 2. The van der Waals surface area contributed by atoms with Crippen LogP contribution < -0.4 is 10.6 Å². The predicted molar refractivity (Wildman–Crippen MR) is 136 cm³/mol. The standard InChI is InChI=1S/C27H22ClN3O6/c28-23-21(30-24(32)26(34)36-13-11-18-7-3-1-4-8-18)15-20(17-29)16-22(23)31-25(33)27(35)37-14-12-19-9-5-2-6-10-19/h1-10,15-16H,11-14H2,(H,30,32)(H,31,33). The zero-order valence-corrected chi connectivity index (χ0v) is 20.3. The summed E-state index contributed by atoms with van der Waals surface area (Å²) < 4.78 is 9.96. The molecule has 0 saturated heterocycles. The normalized spacial score (nSPS) is 10.1. The summed E-state index contributed by atoms with van der Waals surface area (Å²) in [7, 11) is 0. The molecule has 0 saturated carbocycles. The van der Waals surface area contributed by atoms with Gasteiger partial charge >= 0.3 is 23.8 Å². The van der Waals surface area contributed by atoms with Crippen molar-refractivity contribution in [2.24, 2.45) is 0 Å². The molecule has 0 aromatic heterocycles. The Morgan fingerprint density at radius 1 is 0.730 bits per heavy atom. The summed E-state index contributed by atoms with van der Waals surface area (Å²) in [6.07, 6.45) is 0.838. The SMILES string of the molecule is N#Cc1cc(NC(=O)C(=O)OCCc2ccccc2)c(Cl)c(NC(=O)C(=O)OCCc2ccccc2)c1. The molecule has 0 bridgehead atoms. The first-order chi connectivity index (χ1) is 17.9. The number of rotatable bonds is 8. The third kappa shape index (κ3) is 8.19. The Bertz CT molecular complexity index is 1230. The van der Waals surface area contributed by atoms with E-state index in [1.54, 1.807) is 0 Å². The Morgan fingerprint density at radius 3 is 1.51 bits per heavy atom. The highest BCUT2D eigenvalue weighted by atomic mass is 35.5. The van der Waals surface area contributed by atoms with E-state index in [2.05, 4.69) is 10.6 Å². The minimum absolute atomic E-state index is 0.00453. The van der Waals surface area contributed by atoms with Crippen LogP contribution in [0.5, 0.6) is 0 Å². The lowest BCUT2D eigenvalue weighted by molar-refractivity contribution is -0.152. The van der Waals surface area contributed by atoms with Gasteiger partial charge in [-0.3, -0.25) is 9.59 Å². The quantitative estimate of drug-likeness (QED) is 0.342. The van der Waals surface area contributed by atoms with E-state index in [0.717, 1.165) is 11.1 Å². The molecule has 0 aliphatic rings. The van der Waals surface area contributed by atoms with Crippen molar-refractivity contribution in [3.63, 3.8) is 0 Å². The lowest BCUT2D eigenvalue weighted by Gasteiger charge is -2.13. The molecule has 9 nitrogen and oxygen atoms in total. The van der Waals surface area contributed by atoms with Gasteiger partial charge in [0.15, 0.2) is 0 Å². The zero-order chi connectivity index (χ0) is 26.6. The van der Waals surface area contributed by atoms with E-state index in [1.165, 1.54) is 12.1 Å². The lowest BCUT2D eigenvalue weighted by Crippen LogP contribution is -2.27. The van der Waals surface area contributed by atoms with Crippen molar-refractivity contribution in [3.8, 4) is 6.07 Å². The highest BCUT2D eigenvalue weighted by molar-refractivity contribution is 6.43. The fourth-order valence-corrected chi connectivity index (χ4v) is 3.36. The molecule has 10 heteroatoms. The largest absolute Gasteiger partial charge is 0.458 e. The summed E-state index contributed by atoms with van der Waals surface area (Å²) in [5.41, 5.74) is 1.61. The summed E-state index contributed by atoms with van der Waals surface area (Å²) in [6.45, 7) is -0.0359. The van der Waals surface area contributed by atoms with Gasteiger partial charge in [0.1, 0.15) is 0 Å². The third-order valence-corrected chi connectivity index (χ3v) is 5.41. The van der Waals surface area contributed by atoms with Crippen molar-refractivity contribution in [3.05, 3.63) is 94.5 Å². The summed E-state index contributed by atoms with van der Waals surface area (Å²) in [5.74, 6) is -4.55. The second kappa shape index (κ2) is 13.4. The molecular weight excluding hydrogens is 498 g/mol. The first-order valence-corrected chi connectivity index (χ1v) is 11.5. The topological polar surface area (TPSA) is 135 Å². The number of carbonyl (C=O) groups excluding carboxylic acids is 4. The molecule has 3 aromatic carbocycles. The maximum absolute atomic E-state index is 12.3. The van der Waals surface area contributed by atoms with Gasteiger partial charge in [-0.2, -0.15) is 5.26 Å². The Kier molecular flexibility index (Phi) is 9.76. The van der Waals surface area contributed by atoms with Crippen LogP contribution in [0.1, 0.15) is 16.7 Å². The summed E-state index contributed by atoms with van der Waals surface area (Å²) in [5, 5.41) is 13.6. The fourth-order valence-electron chi connectivity index (χ4n) is 3.16. The molecule has 0 unspecified atom stereocenters. The predicted octanol–water partition coefficient (Wildman–Crippen LogP) is 3.66. The number of nitrogens with zero attached hydrogens (tertiary/aromatic N) is 1. The van der Waals surface area contributed by atoms with E-state index in [9.17, 15) is 24.4 Å². The monoisotopic (exact) mass is 519 g/mol. The number of ether oxygens (including phenoxy) is 2. The van der Waals surface area contributed by atoms with Crippen molar-refractivity contribution in [2.75, 3.05) is 23.8 Å².